The number of nitrogens with one attached hydrogen (secondary N) is 1. The number of nitrogens with zero attached hydrogens (tertiary/aromatic N) is 1. The summed E-state index contributed by atoms with van der Waals surface area (Å²) in [5, 5.41) is 12.3. The predicted molar refractivity (Wildman–Crippen MR) is 153 cm³/mol. The first-order chi connectivity index (χ1) is 18.5. The lowest BCUT2D eigenvalue weighted by molar-refractivity contribution is -0.142. The molecule has 0 spiro atoms. The first-order valence-electron chi connectivity index (χ1n) is 14.1. The number of benzene rings is 2. The third-order valence-corrected chi connectivity index (χ3v) is 6.56. The smallest absolute Gasteiger partial charge is 0.326 e. The van der Waals surface area contributed by atoms with Crippen molar-refractivity contribution < 1.29 is 19.5 Å². The van der Waals surface area contributed by atoms with Crippen LogP contribution in [0.1, 0.15) is 88.7 Å². The van der Waals surface area contributed by atoms with Gasteiger partial charge in [0.2, 0.25) is 11.8 Å². The Labute approximate surface area is 228 Å². The average Bonchev–Trinajstić information content (AvgIpc) is 2.93. The minimum Gasteiger partial charge on any atom is -0.480 e. The molecule has 0 aliphatic rings. The van der Waals surface area contributed by atoms with Crippen LogP contribution in [0, 0.1) is 0 Å². The highest BCUT2D eigenvalue weighted by atomic mass is 16.4. The molecule has 0 aliphatic carbocycles. The van der Waals surface area contributed by atoms with Crippen molar-refractivity contribution in [3.63, 3.8) is 0 Å². The summed E-state index contributed by atoms with van der Waals surface area (Å²) in [6, 6.07) is 18.6. The molecule has 2 aromatic carbocycles. The normalized spacial score (nSPS) is 11.8. The molecule has 0 heterocycles. The van der Waals surface area contributed by atoms with Gasteiger partial charge in [-0.3, -0.25) is 9.59 Å². The van der Waals surface area contributed by atoms with Crippen LogP contribution in [0.4, 0.5) is 0 Å². The second kappa shape index (κ2) is 18.8. The van der Waals surface area contributed by atoms with E-state index in [-0.39, 0.29) is 11.8 Å². The molecule has 0 aliphatic heterocycles. The quantitative estimate of drug-likeness (QED) is 0.161. The Bertz CT molecular complexity index is 975. The first kappa shape index (κ1) is 30.8. The van der Waals surface area contributed by atoms with Gasteiger partial charge in [-0.25, -0.2) is 4.79 Å². The highest BCUT2D eigenvalue weighted by Crippen LogP contribution is 2.12. The lowest BCUT2D eigenvalue weighted by atomic mass is 10.1. The van der Waals surface area contributed by atoms with Gasteiger partial charge in [-0.15, -0.1) is 0 Å². The maximum absolute atomic E-state index is 13.0. The van der Waals surface area contributed by atoms with E-state index in [1.54, 1.807) is 11.0 Å². The van der Waals surface area contributed by atoms with Gasteiger partial charge in [0, 0.05) is 25.6 Å². The van der Waals surface area contributed by atoms with Gasteiger partial charge in [0.25, 0.3) is 0 Å². The second-order valence-electron chi connectivity index (χ2n) is 9.81. The van der Waals surface area contributed by atoms with E-state index >= 15 is 0 Å². The number of rotatable bonds is 19. The van der Waals surface area contributed by atoms with E-state index in [1.807, 2.05) is 66.7 Å². The van der Waals surface area contributed by atoms with Crippen molar-refractivity contribution in [3.8, 4) is 0 Å². The number of amides is 2. The van der Waals surface area contributed by atoms with Crippen molar-refractivity contribution in [3.05, 3.63) is 77.9 Å². The highest BCUT2D eigenvalue weighted by molar-refractivity contribution is 5.91. The molecule has 2 amide bonds. The van der Waals surface area contributed by atoms with Gasteiger partial charge >= 0.3 is 5.97 Å². The fourth-order valence-electron chi connectivity index (χ4n) is 4.33. The molecule has 1 unspecified atom stereocenters. The zero-order valence-electron chi connectivity index (χ0n) is 22.8. The Morgan fingerprint density at radius 2 is 1.47 bits per heavy atom. The van der Waals surface area contributed by atoms with Gasteiger partial charge in [0.05, 0.1) is 0 Å². The number of carbonyl (C=O) groups excluding carboxylic acids is 2. The van der Waals surface area contributed by atoms with E-state index in [4.69, 9.17) is 0 Å². The molecule has 2 aromatic rings. The largest absolute Gasteiger partial charge is 0.480 e. The molecule has 2 N–H and O–H groups in total. The van der Waals surface area contributed by atoms with Crippen LogP contribution in [0.5, 0.6) is 0 Å². The van der Waals surface area contributed by atoms with E-state index in [0.29, 0.717) is 38.8 Å². The molecule has 0 bridgehead atoms. The Hall–Kier alpha value is -3.41. The highest BCUT2D eigenvalue weighted by Gasteiger charge is 2.20. The molecule has 0 saturated heterocycles. The number of unbranched alkanes of at least 4 members (excludes halogenated alkanes) is 7. The number of aliphatic carboxylic acids is 1. The van der Waals surface area contributed by atoms with E-state index in [1.165, 1.54) is 25.7 Å². The van der Waals surface area contributed by atoms with E-state index < -0.39 is 12.0 Å². The van der Waals surface area contributed by atoms with Crippen LogP contribution < -0.4 is 5.32 Å². The number of hydrogen-bond acceptors (Lipinski definition) is 3. The fraction of sp³-hybridized carbons (Fsp3) is 0.469. The Morgan fingerprint density at radius 1 is 0.842 bits per heavy atom. The molecule has 38 heavy (non-hydrogen) atoms. The summed E-state index contributed by atoms with van der Waals surface area (Å²) in [6.07, 6.45) is 13.1. The summed E-state index contributed by atoms with van der Waals surface area (Å²) in [5.41, 5.74) is 1.99. The van der Waals surface area contributed by atoms with E-state index in [0.717, 1.165) is 30.4 Å². The minimum absolute atomic E-state index is 0.0875. The second-order valence-corrected chi connectivity index (χ2v) is 9.81. The van der Waals surface area contributed by atoms with Crippen LogP contribution in [0.3, 0.4) is 0 Å². The zero-order valence-corrected chi connectivity index (χ0v) is 22.8. The number of carboxylic acids is 1. The van der Waals surface area contributed by atoms with Crippen LogP contribution in [0.2, 0.25) is 0 Å². The first-order valence-corrected chi connectivity index (χ1v) is 14.1. The third kappa shape index (κ3) is 13.2. The van der Waals surface area contributed by atoms with Gasteiger partial charge < -0.3 is 15.3 Å². The monoisotopic (exact) mass is 520 g/mol. The van der Waals surface area contributed by atoms with Crippen LogP contribution in [0.15, 0.2) is 66.7 Å². The molecular weight excluding hydrogens is 476 g/mol. The molecule has 6 nitrogen and oxygen atoms in total. The molecule has 2 rings (SSSR count). The number of carbonyl (C=O) groups is 3. The van der Waals surface area contributed by atoms with Crippen LogP contribution in [0.25, 0.3) is 6.08 Å². The number of hydrogen-bond donors (Lipinski definition) is 2. The Kier molecular flexibility index (Phi) is 15.2. The molecule has 1 atom stereocenters. The third-order valence-electron chi connectivity index (χ3n) is 6.56. The van der Waals surface area contributed by atoms with Crippen molar-refractivity contribution in [1.29, 1.82) is 0 Å². The standard InChI is InChI=1S/C32H44N2O4/c1-2-3-4-5-6-7-14-22-30(35)33-29(32(37)38)21-15-16-25-34(26-28-19-12-9-13-20-28)31(36)24-23-27-17-10-8-11-18-27/h8-13,17-20,23-24,29H,2-7,14-16,21-22,25-26H2,1H3,(H,33,35)(H,37,38)/b24-23+. The van der Waals surface area contributed by atoms with Crippen molar-refractivity contribution in [2.24, 2.45) is 0 Å². The van der Waals surface area contributed by atoms with Crippen molar-refractivity contribution in [2.75, 3.05) is 6.54 Å². The average molecular weight is 521 g/mol. The van der Waals surface area contributed by atoms with E-state index in [2.05, 4.69) is 12.2 Å². The number of carboxylic acid groups (broad SMARTS) is 1. The van der Waals surface area contributed by atoms with Crippen LogP contribution in [-0.2, 0) is 20.9 Å². The van der Waals surface area contributed by atoms with Gasteiger partial charge in [0.1, 0.15) is 6.04 Å². The maximum Gasteiger partial charge on any atom is 0.326 e. The molecule has 0 radical (unpaired) electrons. The minimum atomic E-state index is -1.01. The lowest BCUT2D eigenvalue weighted by Gasteiger charge is -2.22. The summed E-state index contributed by atoms with van der Waals surface area (Å²) in [5.74, 6) is -1.30. The Balaban J connectivity index is 1.81. The Morgan fingerprint density at radius 3 is 2.13 bits per heavy atom. The van der Waals surface area contributed by atoms with Crippen LogP contribution >= 0.6 is 0 Å². The molecule has 0 saturated carbocycles. The van der Waals surface area contributed by atoms with Gasteiger partial charge in [-0.1, -0.05) is 106 Å². The molecular formula is C32H44N2O4. The topological polar surface area (TPSA) is 86.7 Å². The molecule has 0 aromatic heterocycles. The zero-order chi connectivity index (χ0) is 27.4. The lowest BCUT2D eigenvalue weighted by Crippen LogP contribution is -2.40. The van der Waals surface area contributed by atoms with Crippen molar-refractivity contribution in [2.45, 2.75) is 90.1 Å². The summed E-state index contributed by atoms with van der Waals surface area (Å²) < 4.78 is 0. The molecule has 0 fully saturated rings. The summed E-state index contributed by atoms with van der Waals surface area (Å²) in [4.78, 5) is 38.8. The van der Waals surface area contributed by atoms with Gasteiger partial charge in [0.15, 0.2) is 0 Å². The SMILES string of the molecule is CCCCCCCCCC(=O)NC(CCCCN(Cc1ccccc1)C(=O)/C=C/c1ccccc1)C(=O)O. The fourth-order valence-corrected chi connectivity index (χ4v) is 4.33. The summed E-state index contributed by atoms with van der Waals surface area (Å²) in [7, 11) is 0. The summed E-state index contributed by atoms with van der Waals surface area (Å²) >= 11 is 0. The van der Waals surface area contributed by atoms with Crippen molar-refractivity contribution >= 4 is 23.9 Å². The maximum atomic E-state index is 13.0. The molecule has 6 heteroatoms. The van der Waals surface area contributed by atoms with E-state index in [9.17, 15) is 19.5 Å². The van der Waals surface area contributed by atoms with Gasteiger partial charge in [-0.2, -0.15) is 0 Å². The predicted octanol–water partition coefficient (Wildman–Crippen LogP) is 6.61. The summed E-state index contributed by atoms with van der Waals surface area (Å²) in [6.45, 7) is 3.18. The molecule has 206 valence electrons. The van der Waals surface area contributed by atoms with Crippen molar-refractivity contribution in [1.82, 2.24) is 10.2 Å². The van der Waals surface area contributed by atoms with Crippen LogP contribution in [-0.4, -0.2) is 40.4 Å². The van der Waals surface area contributed by atoms with Gasteiger partial charge in [-0.05, 0) is 42.9 Å².